The molecule has 27 heavy (non-hydrogen) atoms. The standard InChI is InChI=1S/C20H18BrClN2O3/c1-27-17-9-18(25)23-10-15(11-3-2-4-13(22)7-11)20(17)14-6-5-12(21)8-16(14)24-19(20)26/h2-8,15,17H,9-10H2,1H3,(H,23,25)(H,24,26)/t15-,17-,20-/m0/s1. The van der Waals surface area contributed by atoms with E-state index in [1.54, 1.807) is 13.2 Å². The monoisotopic (exact) mass is 448 g/mol. The van der Waals surface area contributed by atoms with Crippen molar-refractivity contribution in [1.82, 2.24) is 5.32 Å². The largest absolute Gasteiger partial charge is 0.379 e. The van der Waals surface area contributed by atoms with E-state index >= 15 is 0 Å². The molecule has 1 spiro atoms. The quantitative estimate of drug-likeness (QED) is 0.736. The van der Waals surface area contributed by atoms with Gasteiger partial charge < -0.3 is 15.4 Å². The van der Waals surface area contributed by atoms with Crippen LogP contribution in [0.4, 0.5) is 5.69 Å². The van der Waals surface area contributed by atoms with Crippen molar-refractivity contribution < 1.29 is 14.3 Å². The molecule has 1 fully saturated rings. The summed E-state index contributed by atoms with van der Waals surface area (Å²) in [6.45, 7) is 0.321. The van der Waals surface area contributed by atoms with Gasteiger partial charge in [-0.2, -0.15) is 0 Å². The lowest BCUT2D eigenvalue weighted by atomic mass is 9.64. The van der Waals surface area contributed by atoms with Gasteiger partial charge in [0.05, 0.1) is 12.5 Å². The lowest BCUT2D eigenvalue weighted by Crippen LogP contribution is -2.51. The number of amides is 2. The zero-order valence-electron chi connectivity index (χ0n) is 14.6. The number of hydrogen-bond donors (Lipinski definition) is 2. The number of benzene rings is 2. The summed E-state index contributed by atoms with van der Waals surface area (Å²) in [5.41, 5.74) is 1.42. The molecule has 2 N–H and O–H groups in total. The summed E-state index contributed by atoms with van der Waals surface area (Å²) in [6.07, 6.45) is -0.498. The number of carbonyl (C=O) groups excluding carboxylic acids is 2. The van der Waals surface area contributed by atoms with Gasteiger partial charge in [-0.05, 0) is 35.4 Å². The average Bonchev–Trinajstić information content (AvgIpc) is 2.81. The van der Waals surface area contributed by atoms with Crippen LogP contribution in [0.15, 0.2) is 46.9 Å². The summed E-state index contributed by atoms with van der Waals surface area (Å²) < 4.78 is 6.62. The highest BCUT2D eigenvalue weighted by molar-refractivity contribution is 9.10. The third-order valence-corrected chi connectivity index (χ3v) is 6.25. The highest BCUT2D eigenvalue weighted by Crippen LogP contribution is 2.52. The summed E-state index contributed by atoms with van der Waals surface area (Å²) in [7, 11) is 1.55. The molecule has 7 heteroatoms. The van der Waals surface area contributed by atoms with Crippen LogP contribution < -0.4 is 10.6 Å². The van der Waals surface area contributed by atoms with Gasteiger partial charge in [-0.15, -0.1) is 0 Å². The summed E-state index contributed by atoms with van der Waals surface area (Å²) in [6, 6.07) is 13.1. The van der Waals surface area contributed by atoms with Crippen molar-refractivity contribution >= 4 is 45.0 Å². The van der Waals surface area contributed by atoms with E-state index in [4.69, 9.17) is 16.3 Å². The second kappa shape index (κ2) is 6.93. The fraction of sp³-hybridized carbons (Fsp3) is 0.300. The van der Waals surface area contributed by atoms with Crippen molar-refractivity contribution in [2.45, 2.75) is 23.9 Å². The Labute approximate surface area is 170 Å². The number of rotatable bonds is 2. The first-order valence-electron chi connectivity index (χ1n) is 8.63. The molecule has 0 aliphatic carbocycles. The van der Waals surface area contributed by atoms with Gasteiger partial charge in [-0.3, -0.25) is 9.59 Å². The highest BCUT2D eigenvalue weighted by atomic mass is 79.9. The summed E-state index contributed by atoms with van der Waals surface area (Å²) in [5.74, 6) is -0.622. The zero-order valence-corrected chi connectivity index (χ0v) is 16.9. The van der Waals surface area contributed by atoms with Gasteiger partial charge in [0.15, 0.2) is 0 Å². The van der Waals surface area contributed by atoms with Crippen molar-refractivity contribution in [2.24, 2.45) is 0 Å². The van der Waals surface area contributed by atoms with Crippen molar-refractivity contribution in [3.05, 3.63) is 63.1 Å². The summed E-state index contributed by atoms with van der Waals surface area (Å²) in [4.78, 5) is 25.8. The zero-order chi connectivity index (χ0) is 19.2. The molecule has 0 unspecified atom stereocenters. The predicted octanol–water partition coefficient (Wildman–Crippen LogP) is 3.61. The fourth-order valence-electron chi connectivity index (χ4n) is 4.37. The molecule has 2 aliphatic rings. The second-order valence-corrected chi connectivity index (χ2v) is 8.21. The Balaban J connectivity index is 1.99. The highest BCUT2D eigenvalue weighted by Gasteiger charge is 2.59. The van der Waals surface area contributed by atoms with Crippen molar-refractivity contribution in [3.63, 3.8) is 0 Å². The van der Waals surface area contributed by atoms with E-state index in [1.807, 2.05) is 36.4 Å². The van der Waals surface area contributed by atoms with Gasteiger partial charge in [0.2, 0.25) is 11.8 Å². The molecule has 4 rings (SSSR count). The molecule has 0 aromatic heterocycles. The maximum Gasteiger partial charge on any atom is 0.238 e. The first-order chi connectivity index (χ1) is 13.0. The molecule has 140 valence electrons. The van der Waals surface area contributed by atoms with Gasteiger partial charge in [0.1, 0.15) is 5.41 Å². The lowest BCUT2D eigenvalue weighted by molar-refractivity contribution is -0.129. The van der Waals surface area contributed by atoms with Gasteiger partial charge in [0, 0.05) is 34.8 Å². The van der Waals surface area contributed by atoms with Crippen LogP contribution >= 0.6 is 27.5 Å². The first kappa shape index (κ1) is 18.5. The van der Waals surface area contributed by atoms with Crippen LogP contribution in [0.2, 0.25) is 5.02 Å². The Morgan fingerprint density at radius 3 is 2.78 bits per heavy atom. The van der Waals surface area contributed by atoms with E-state index < -0.39 is 11.5 Å². The smallest absolute Gasteiger partial charge is 0.238 e. The topological polar surface area (TPSA) is 67.4 Å². The molecule has 2 aliphatic heterocycles. The molecule has 0 saturated carbocycles. The lowest BCUT2D eigenvalue weighted by Gasteiger charge is -2.39. The van der Waals surface area contributed by atoms with Crippen LogP contribution in [-0.2, 0) is 19.7 Å². The van der Waals surface area contributed by atoms with Crippen LogP contribution in [-0.4, -0.2) is 31.6 Å². The van der Waals surface area contributed by atoms with E-state index in [2.05, 4.69) is 26.6 Å². The maximum absolute atomic E-state index is 13.4. The SMILES string of the molecule is CO[C@H]1CC(=O)NC[C@@H](c2cccc(Cl)c2)[C@]12C(=O)Nc1cc(Br)ccc12. The minimum Gasteiger partial charge on any atom is -0.379 e. The molecule has 2 aromatic rings. The molecule has 2 amide bonds. The maximum atomic E-state index is 13.4. The van der Waals surface area contributed by atoms with Crippen LogP contribution in [0.3, 0.4) is 0 Å². The first-order valence-corrected chi connectivity index (χ1v) is 9.80. The number of halogens is 2. The molecule has 5 nitrogen and oxygen atoms in total. The Morgan fingerprint density at radius 1 is 1.22 bits per heavy atom. The normalized spacial score (nSPS) is 27.1. The number of fused-ring (bicyclic) bond motifs is 2. The second-order valence-electron chi connectivity index (χ2n) is 6.85. The van der Waals surface area contributed by atoms with Crippen LogP contribution in [0.5, 0.6) is 0 Å². The number of hydrogen-bond acceptors (Lipinski definition) is 3. The van der Waals surface area contributed by atoms with E-state index in [9.17, 15) is 9.59 Å². The molecular formula is C20H18BrClN2O3. The van der Waals surface area contributed by atoms with Crippen molar-refractivity contribution in [2.75, 3.05) is 19.0 Å². The van der Waals surface area contributed by atoms with Gasteiger partial charge in [-0.25, -0.2) is 0 Å². The van der Waals surface area contributed by atoms with E-state index in [1.165, 1.54) is 0 Å². The number of nitrogens with one attached hydrogen (secondary N) is 2. The minimum atomic E-state index is -1.03. The van der Waals surface area contributed by atoms with Gasteiger partial charge >= 0.3 is 0 Å². The molecular weight excluding hydrogens is 432 g/mol. The number of methoxy groups -OCH3 is 1. The number of anilines is 1. The van der Waals surface area contributed by atoms with Crippen LogP contribution in [0.25, 0.3) is 0 Å². The summed E-state index contributed by atoms with van der Waals surface area (Å²) >= 11 is 9.69. The average molecular weight is 450 g/mol. The van der Waals surface area contributed by atoms with E-state index in [0.717, 1.165) is 21.3 Å². The van der Waals surface area contributed by atoms with Crippen molar-refractivity contribution in [1.29, 1.82) is 0 Å². The Bertz CT molecular complexity index is 935. The Morgan fingerprint density at radius 2 is 2.04 bits per heavy atom. The Hall–Kier alpha value is -1.89. The molecule has 0 radical (unpaired) electrons. The fourth-order valence-corrected chi connectivity index (χ4v) is 4.93. The van der Waals surface area contributed by atoms with Gasteiger partial charge in [0.25, 0.3) is 0 Å². The third kappa shape index (κ3) is 2.87. The number of ether oxygens (including phenoxy) is 1. The van der Waals surface area contributed by atoms with Gasteiger partial charge in [-0.1, -0.05) is 45.7 Å². The third-order valence-electron chi connectivity index (χ3n) is 5.52. The van der Waals surface area contributed by atoms with E-state index in [-0.39, 0.29) is 24.2 Å². The molecule has 0 bridgehead atoms. The van der Waals surface area contributed by atoms with Crippen molar-refractivity contribution in [3.8, 4) is 0 Å². The Kier molecular flexibility index (Phi) is 4.74. The van der Waals surface area contributed by atoms with Crippen LogP contribution in [0.1, 0.15) is 23.5 Å². The summed E-state index contributed by atoms with van der Waals surface area (Å²) in [5, 5.41) is 6.52. The van der Waals surface area contributed by atoms with Crippen LogP contribution in [0, 0.1) is 0 Å². The predicted molar refractivity (Wildman–Crippen MR) is 107 cm³/mol. The molecule has 2 aromatic carbocycles. The van der Waals surface area contributed by atoms with E-state index in [0.29, 0.717) is 11.6 Å². The molecule has 1 saturated heterocycles. The number of carbonyl (C=O) groups is 2. The molecule has 2 heterocycles. The minimum absolute atomic E-state index is 0.108. The molecule has 3 atom stereocenters.